The van der Waals surface area contributed by atoms with E-state index in [4.69, 9.17) is 21.6 Å². The van der Waals surface area contributed by atoms with Gasteiger partial charge in [0, 0.05) is 17.7 Å². The van der Waals surface area contributed by atoms with Crippen LogP contribution in [0.4, 0.5) is 11.4 Å². The summed E-state index contributed by atoms with van der Waals surface area (Å²) in [6.45, 7) is 2.05. The van der Waals surface area contributed by atoms with E-state index >= 15 is 0 Å². The first kappa shape index (κ1) is 16.9. The van der Waals surface area contributed by atoms with Crippen molar-refractivity contribution in [3.8, 4) is 6.07 Å². The normalized spacial score (nSPS) is 15.4. The molecule has 26 heavy (non-hydrogen) atoms. The van der Waals surface area contributed by atoms with Crippen LogP contribution in [0.25, 0.3) is 5.52 Å². The Balaban J connectivity index is 2.00. The minimum atomic E-state index is 0.335. The highest BCUT2D eigenvalue weighted by Gasteiger charge is 2.25. The molecule has 0 bridgehead atoms. The summed E-state index contributed by atoms with van der Waals surface area (Å²) >= 11 is 7.67. The zero-order valence-electron chi connectivity index (χ0n) is 14.1. The van der Waals surface area contributed by atoms with Gasteiger partial charge in [-0.05, 0) is 31.2 Å². The lowest BCUT2D eigenvalue weighted by atomic mass is 10.2. The molecule has 0 saturated carbocycles. The molecule has 1 aliphatic rings. The van der Waals surface area contributed by atoms with Crippen LogP contribution < -0.4 is 0 Å². The van der Waals surface area contributed by atoms with Crippen LogP contribution in [0.5, 0.6) is 0 Å². The molecule has 3 heterocycles. The first-order valence-electron chi connectivity index (χ1n) is 8.15. The van der Waals surface area contributed by atoms with E-state index < -0.39 is 0 Å². The molecule has 4 nitrogen and oxygen atoms in total. The van der Waals surface area contributed by atoms with Crippen LogP contribution in [-0.2, 0) is 0 Å². The van der Waals surface area contributed by atoms with Crippen molar-refractivity contribution in [3.05, 3.63) is 65.5 Å². The summed E-state index contributed by atoms with van der Waals surface area (Å²) in [5, 5.41) is 10.6. The molecular formula is C20H15ClN4S. The van der Waals surface area contributed by atoms with E-state index in [1.807, 2.05) is 53.1 Å². The molecule has 0 atom stereocenters. The van der Waals surface area contributed by atoms with Gasteiger partial charge in [0.05, 0.1) is 17.1 Å². The number of pyridine rings is 1. The molecule has 1 aromatic carbocycles. The highest BCUT2D eigenvalue weighted by Crippen LogP contribution is 2.37. The Bertz CT molecular complexity index is 1090. The molecule has 0 unspecified atom stereocenters. The zero-order valence-corrected chi connectivity index (χ0v) is 15.7. The van der Waals surface area contributed by atoms with Crippen molar-refractivity contribution in [1.29, 1.82) is 5.26 Å². The van der Waals surface area contributed by atoms with Crippen molar-refractivity contribution >= 4 is 51.0 Å². The van der Waals surface area contributed by atoms with Crippen LogP contribution in [0.3, 0.4) is 0 Å². The van der Waals surface area contributed by atoms with E-state index in [1.165, 1.54) is 5.56 Å². The monoisotopic (exact) mass is 378 g/mol. The number of aliphatic imine (C=N–C) groups is 2. The van der Waals surface area contributed by atoms with Crippen molar-refractivity contribution in [2.75, 3.05) is 11.6 Å². The van der Waals surface area contributed by atoms with Gasteiger partial charge in [0.25, 0.3) is 0 Å². The maximum Gasteiger partial charge on any atom is 0.123 e. The molecule has 0 N–H and O–H groups in total. The van der Waals surface area contributed by atoms with Crippen LogP contribution in [-0.4, -0.2) is 26.8 Å². The summed E-state index contributed by atoms with van der Waals surface area (Å²) in [4.78, 5) is 9.57. The Morgan fingerprint density at radius 3 is 2.81 bits per heavy atom. The standard InChI is InChI=1S/C20H15ClN4S/c1-13-5-7-14(8-6-13)24-20-19-18(23-15(10-21)12-26-20)16(11-22)17-4-2-3-9-25(17)19/h2-9H,10,12H2,1H3. The first-order chi connectivity index (χ1) is 12.7. The van der Waals surface area contributed by atoms with Crippen molar-refractivity contribution in [1.82, 2.24) is 4.40 Å². The van der Waals surface area contributed by atoms with Crippen LogP contribution >= 0.6 is 23.4 Å². The number of hydrogen-bond acceptors (Lipinski definition) is 4. The summed E-state index contributed by atoms with van der Waals surface area (Å²) < 4.78 is 1.99. The van der Waals surface area contributed by atoms with Gasteiger partial charge in [0.15, 0.2) is 0 Å². The number of aryl methyl sites for hydroxylation is 1. The summed E-state index contributed by atoms with van der Waals surface area (Å²) in [5.41, 5.74) is 5.81. The van der Waals surface area contributed by atoms with E-state index in [1.54, 1.807) is 11.8 Å². The lowest BCUT2D eigenvalue weighted by Crippen LogP contribution is -2.05. The van der Waals surface area contributed by atoms with Gasteiger partial charge in [-0.25, -0.2) is 4.99 Å². The molecule has 1 aliphatic heterocycles. The summed E-state index contributed by atoms with van der Waals surface area (Å²) in [6, 6.07) is 16.2. The van der Waals surface area contributed by atoms with Crippen molar-refractivity contribution in [2.45, 2.75) is 6.92 Å². The van der Waals surface area contributed by atoms with Crippen LogP contribution in [0, 0.1) is 18.3 Å². The summed E-state index contributed by atoms with van der Waals surface area (Å²) in [5.74, 6) is 0.990. The largest absolute Gasteiger partial charge is 0.311 e. The predicted octanol–water partition coefficient (Wildman–Crippen LogP) is 5.26. The van der Waals surface area contributed by atoms with Crippen LogP contribution in [0.15, 0.2) is 58.6 Å². The summed E-state index contributed by atoms with van der Waals surface area (Å²) in [7, 11) is 0. The smallest absolute Gasteiger partial charge is 0.123 e. The van der Waals surface area contributed by atoms with Gasteiger partial charge in [-0.3, -0.25) is 4.99 Å². The number of fused-ring (bicyclic) bond motifs is 3. The Morgan fingerprint density at radius 2 is 2.08 bits per heavy atom. The molecule has 0 spiro atoms. The number of nitriles is 1. The average Bonchev–Trinajstić information content (AvgIpc) is 2.86. The number of thioether (sulfide) groups is 1. The second-order valence-electron chi connectivity index (χ2n) is 5.99. The predicted molar refractivity (Wildman–Crippen MR) is 110 cm³/mol. The molecule has 2 aromatic heterocycles. The molecule has 0 aliphatic carbocycles. The van der Waals surface area contributed by atoms with E-state index in [9.17, 15) is 5.26 Å². The van der Waals surface area contributed by atoms with Crippen LogP contribution in [0.2, 0.25) is 0 Å². The lowest BCUT2D eigenvalue weighted by Gasteiger charge is -2.06. The fraction of sp³-hybridized carbons (Fsp3) is 0.150. The third-order valence-electron chi connectivity index (χ3n) is 4.20. The maximum absolute atomic E-state index is 9.73. The fourth-order valence-electron chi connectivity index (χ4n) is 2.92. The highest BCUT2D eigenvalue weighted by atomic mass is 35.5. The Hall–Kier alpha value is -2.55. The molecule has 128 valence electrons. The quantitative estimate of drug-likeness (QED) is 0.571. The van der Waals surface area contributed by atoms with Gasteiger partial charge in [-0.15, -0.1) is 11.6 Å². The van der Waals surface area contributed by atoms with Gasteiger partial charge in [0.2, 0.25) is 0 Å². The number of alkyl halides is 1. The molecular weight excluding hydrogens is 364 g/mol. The second kappa shape index (κ2) is 6.99. The third kappa shape index (κ3) is 2.92. The van der Waals surface area contributed by atoms with E-state index in [0.29, 0.717) is 22.9 Å². The topological polar surface area (TPSA) is 52.9 Å². The van der Waals surface area contributed by atoms with Crippen molar-refractivity contribution in [3.63, 3.8) is 0 Å². The molecule has 0 saturated heterocycles. The molecule has 0 radical (unpaired) electrons. The van der Waals surface area contributed by atoms with Gasteiger partial charge in [-0.2, -0.15) is 5.26 Å². The number of rotatable bonds is 2. The molecule has 0 amide bonds. The second-order valence-corrected chi connectivity index (χ2v) is 7.22. The molecule has 6 heteroatoms. The van der Waals surface area contributed by atoms with Gasteiger partial charge < -0.3 is 4.40 Å². The molecule has 3 aromatic rings. The average molecular weight is 379 g/mol. The maximum atomic E-state index is 9.73. The van der Waals surface area contributed by atoms with E-state index in [2.05, 4.69) is 13.0 Å². The molecule has 0 fully saturated rings. The molecule has 4 rings (SSSR count). The Kier molecular flexibility index (Phi) is 4.54. The van der Waals surface area contributed by atoms with Crippen LogP contribution in [0.1, 0.15) is 16.8 Å². The minimum Gasteiger partial charge on any atom is -0.311 e. The SMILES string of the molecule is Cc1ccc(N=C2SCC(CCl)=Nc3c(C#N)c4ccccn4c32)cc1. The number of hydrogen-bond donors (Lipinski definition) is 0. The van der Waals surface area contributed by atoms with Gasteiger partial charge >= 0.3 is 0 Å². The van der Waals surface area contributed by atoms with Crippen molar-refractivity contribution in [2.24, 2.45) is 9.98 Å². The third-order valence-corrected chi connectivity index (χ3v) is 5.54. The van der Waals surface area contributed by atoms with Crippen molar-refractivity contribution < 1.29 is 0 Å². The first-order valence-corrected chi connectivity index (χ1v) is 9.67. The number of aromatic nitrogens is 1. The fourth-order valence-corrected chi connectivity index (χ4v) is 4.16. The number of nitrogens with zero attached hydrogens (tertiary/aromatic N) is 4. The Morgan fingerprint density at radius 1 is 1.27 bits per heavy atom. The van der Waals surface area contributed by atoms with Gasteiger partial charge in [0.1, 0.15) is 28.1 Å². The number of benzene rings is 1. The Labute approximate surface area is 160 Å². The number of halogens is 1. The van der Waals surface area contributed by atoms with Gasteiger partial charge in [-0.1, -0.05) is 35.5 Å². The lowest BCUT2D eigenvalue weighted by molar-refractivity contribution is 1.18. The minimum absolute atomic E-state index is 0.335. The van der Waals surface area contributed by atoms with E-state index in [-0.39, 0.29) is 0 Å². The van der Waals surface area contributed by atoms with E-state index in [0.717, 1.165) is 27.7 Å². The zero-order chi connectivity index (χ0) is 18.1. The highest BCUT2D eigenvalue weighted by molar-refractivity contribution is 8.15. The summed E-state index contributed by atoms with van der Waals surface area (Å²) in [6.07, 6.45) is 1.95.